The highest BCUT2D eigenvalue weighted by Crippen LogP contribution is 2.26. The second-order valence-electron chi connectivity index (χ2n) is 6.72. The zero-order valence-corrected chi connectivity index (χ0v) is 16.8. The SMILES string of the molecule is O=C(NCCc1nnc2ccccn12)C1CCCN(S(=O)(=O)c2cccs2)C1. The maximum atomic E-state index is 12.7. The molecule has 0 spiro atoms. The van der Waals surface area contributed by atoms with Crippen LogP contribution in [0.15, 0.2) is 46.1 Å². The molecule has 0 saturated carbocycles. The van der Waals surface area contributed by atoms with Crippen molar-refractivity contribution in [3.63, 3.8) is 0 Å². The second kappa shape index (κ2) is 7.98. The second-order valence-corrected chi connectivity index (χ2v) is 9.83. The number of amides is 1. The minimum absolute atomic E-state index is 0.111. The van der Waals surface area contributed by atoms with Crippen molar-refractivity contribution in [2.75, 3.05) is 19.6 Å². The van der Waals surface area contributed by atoms with Gasteiger partial charge in [-0.05, 0) is 36.4 Å². The van der Waals surface area contributed by atoms with Crippen LogP contribution in [0.4, 0.5) is 0 Å². The number of sulfonamides is 1. The first kappa shape index (κ1) is 19.0. The van der Waals surface area contributed by atoms with Gasteiger partial charge in [0.05, 0.1) is 5.92 Å². The van der Waals surface area contributed by atoms with Crippen molar-refractivity contribution >= 4 is 32.9 Å². The van der Waals surface area contributed by atoms with Crippen molar-refractivity contribution in [2.24, 2.45) is 5.92 Å². The molecule has 0 radical (unpaired) electrons. The van der Waals surface area contributed by atoms with Gasteiger partial charge in [-0.3, -0.25) is 9.20 Å². The zero-order valence-electron chi connectivity index (χ0n) is 15.2. The molecule has 1 aliphatic heterocycles. The monoisotopic (exact) mass is 419 g/mol. The Balaban J connectivity index is 1.34. The van der Waals surface area contributed by atoms with Crippen LogP contribution in [-0.4, -0.2) is 52.9 Å². The van der Waals surface area contributed by atoms with Gasteiger partial charge < -0.3 is 5.32 Å². The molecule has 8 nitrogen and oxygen atoms in total. The van der Waals surface area contributed by atoms with Crippen LogP contribution < -0.4 is 5.32 Å². The van der Waals surface area contributed by atoms with E-state index in [0.29, 0.717) is 36.6 Å². The lowest BCUT2D eigenvalue weighted by Gasteiger charge is -2.30. The summed E-state index contributed by atoms with van der Waals surface area (Å²) in [5.41, 5.74) is 0.769. The molecule has 0 aromatic carbocycles. The lowest BCUT2D eigenvalue weighted by molar-refractivity contribution is -0.126. The lowest BCUT2D eigenvalue weighted by Crippen LogP contribution is -2.45. The minimum atomic E-state index is -3.52. The molecule has 1 atom stereocenters. The largest absolute Gasteiger partial charge is 0.355 e. The van der Waals surface area contributed by atoms with Crippen molar-refractivity contribution in [3.05, 3.63) is 47.7 Å². The number of nitrogens with zero attached hydrogens (tertiary/aromatic N) is 4. The number of fused-ring (bicyclic) bond motifs is 1. The number of pyridine rings is 1. The number of carbonyl (C=O) groups is 1. The van der Waals surface area contributed by atoms with Gasteiger partial charge in [0, 0.05) is 32.3 Å². The third-order valence-corrected chi connectivity index (χ3v) is 8.11. The summed E-state index contributed by atoms with van der Waals surface area (Å²) in [5.74, 6) is 0.333. The van der Waals surface area contributed by atoms with E-state index in [0.717, 1.165) is 11.5 Å². The van der Waals surface area contributed by atoms with Crippen molar-refractivity contribution in [1.29, 1.82) is 0 Å². The van der Waals surface area contributed by atoms with Crippen molar-refractivity contribution in [3.8, 4) is 0 Å². The predicted octanol–water partition coefficient (Wildman–Crippen LogP) is 1.55. The molecule has 10 heteroatoms. The zero-order chi connectivity index (χ0) is 19.6. The number of nitrogens with one attached hydrogen (secondary N) is 1. The number of hydrogen-bond donors (Lipinski definition) is 1. The van der Waals surface area contributed by atoms with Crippen LogP contribution >= 0.6 is 11.3 Å². The van der Waals surface area contributed by atoms with E-state index in [1.165, 1.54) is 15.6 Å². The molecular weight excluding hydrogens is 398 g/mol. The average molecular weight is 420 g/mol. The Labute approximate surface area is 167 Å². The van der Waals surface area contributed by atoms with Gasteiger partial charge in [0.15, 0.2) is 5.65 Å². The molecule has 3 aromatic heterocycles. The third-order valence-electron chi connectivity index (χ3n) is 4.88. The van der Waals surface area contributed by atoms with E-state index in [2.05, 4.69) is 15.5 Å². The number of piperidine rings is 1. The Morgan fingerprint density at radius 2 is 2.14 bits per heavy atom. The fraction of sp³-hybridized carbons (Fsp3) is 0.389. The van der Waals surface area contributed by atoms with E-state index in [9.17, 15) is 13.2 Å². The lowest BCUT2D eigenvalue weighted by atomic mass is 9.99. The van der Waals surface area contributed by atoms with E-state index in [1.54, 1.807) is 17.5 Å². The van der Waals surface area contributed by atoms with Crippen LogP contribution in [0.2, 0.25) is 0 Å². The Hall–Kier alpha value is -2.30. The molecular formula is C18H21N5O3S2. The van der Waals surface area contributed by atoms with Crippen LogP contribution in [0.5, 0.6) is 0 Å². The quantitative estimate of drug-likeness (QED) is 0.654. The Kier molecular flexibility index (Phi) is 5.42. The summed E-state index contributed by atoms with van der Waals surface area (Å²) in [6.45, 7) is 1.11. The van der Waals surface area contributed by atoms with Gasteiger partial charge in [-0.15, -0.1) is 21.5 Å². The van der Waals surface area contributed by atoms with Crippen LogP contribution in [0.3, 0.4) is 0 Å². The highest BCUT2D eigenvalue weighted by molar-refractivity contribution is 7.91. The molecule has 1 aliphatic rings. The first-order valence-electron chi connectivity index (χ1n) is 9.16. The number of aromatic nitrogens is 3. The van der Waals surface area contributed by atoms with E-state index >= 15 is 0 Å². The van der Waals surface area contributed by atoms with Gasteiger partial charge in [-0.2, -0.15) is 4.31 Å². The van der Waals surface area contributed by atoms with Crippen LogP contribution in [0, 0.1) is 5.92 Å². The molecule has 4 rings (SSSR count). The Morgan fingerprint density at radius 1 is 1.25 bits per heavy atom. The summed E-state index contributed by atoms with van der Waals surface area (Å²) in [6.07, 6.45) is 3.81. The molecule has 0 aliphatic carbocycles. The molecule has 1 fully saturated rings. The van der Waals surface area contributed by atoms with Crippen LogP contribution in [-0.2, 0) is 21.2 Å². The highest BCUT2D eigenvalue weighted by Gasteiger charge is 2.33. The smallest absolute Gasteiger partial charge is 0.252 e. The number of carbonyl (C=O) groups excluding carboxylic acids is 1. The first-order chi connectivity index (χ1) is 13.6. The van der Waals surface area contributed by atoms with Gasteiger partial charge in [0.1, 0.15) is 10.0 Å². The number of thiophene rings is 1. The predicted molar refractivity (Wildman–Crippen MR) is 106 cm³/mol. The summed E-state index contributed by atoms with van der Waals surface area (Å²) in [5, 5.41) is 12.9. The van der Waals surface area contributed by atoms with Gasteiger partial charge >= 0.3 is 0 Å². The Bertz CT molecular complexity index is 1060. The molecule has 148 valence electrons. The first-order valence-corrected chi connectivity index (χ1v) is 11.5. The molecule has 1 N–H and O–H groups in total. The normalized spacial score (nSPS) is 18.4. The van der Waals surface area contributed by atoms with E-state index < -0.39 is 10.0 Å². The van der Waals surface area contributed by atoms with Crippen molar-refractivity contribution in [2.45, 2.75) is 23.5 Å². The molecule has 1 amide bonds. The number of rotatable bonds is 6. The summed E-state index contributed by atoms with van der Waals surface area (Å²) in [4.78, 5) is 12.6. The summed E-state index contributed by atoms with van der Waals surface area (Å²) in [6, 6.07) is 9.00. The van der Waals surface area contributed by atoms with Crippen LogP contribution in [0.25, 0.3) is 5.65 Å². The molecule has 1 saturated heterocycles. The van der Waals surface area contributed by atoms with Crippen LogP contribution in [0.1, 0.15) is 18.7 Å². The third kappa shape index (κ3) is 3.80. The summed E-state index contributed by atoms with van der Waals surface area (Å²) in [7, 11) is -3.52. The Morgan fingerprint density at radius 3 is 2.96 bits per heavy atom. The van der Waals surface area contributed by atoms with E-state index in [4.69, 9.17) is 0 Å². The van der Waals surface area contributed by atoms with Gasteiger partial charge in [0.2, 0.25) is 5.91 Å². The fourth-order valence-corrected chi connectivity index (χ4v) is 6.08. The highest BCUT2D eigenvalue weighted by atomic mass is 32.2. The maximum Gasteiger partial charge on any atom is 0.252 e. The molecule has 28 heavy (non-hydrogen) atoms. The molecule has 0 bridgehead atoms. The maximum absolute atomic E-state index is 12.7. The van der Waals surface area contributed by atoms with E-state index in [-0.39, 0.29) is 18.4 Å². The molecule has 1 unspecified atom stereocenters. The topological polar surface area (TPSA) is 96.7 Å². The molecule has 4 heterocycles. The fourth-order valence-electron chi connectivity index (χ4n) is 3.42. The van der Waals surface area contributed by atoms with Gasteiger partial charge in [-0.1, -0.05) is 12.1 Å². The van der Waals surface area contributed by atoms with Crippen molar-refractivity contribution < 1.29 is 13.2 Å². The molecule has 3 aromatic rings. The standard InChI is InChI=1S/C18H21N5O3S2/c24-18(19-9-8-16-21-20-15-6-1-2-11-23(15)16)14-5-3-10-22(13-14)28(25,26)17-7-4-12-27-17/h1-2,4,6-7,11-12,14H,3,5,8-10,13H2,(H,19,24). The van der Waals surface area contributed by atoms with Gasteiger partial charge in [-0.25, -0.2) is 8.42 Å². The minimum Gasteiger partial charge on any atom is -0.355 e. The van der Waals surface area contributed by atoms with Gasteiger partial charge in [0.25, 0.3) is 10.0 Å². The summed E-state index contributed by atoms with van der Waals surface area (Å²) >= 11 is 1.20. The number of hydrogen-bond acceptors (Lipinski definition) is 6. The summed E-state index contributed by atoms with van der Waals surface area (Å²) < 4.78 is 29.0. The average Bonchev–Trinajstić information content (AvgIpc) is 3.39. The van der Waals surface area contributed by atoms with E-state index in [1.807, 2.05) is 28.8 Å². The van der Waals surface area contributed by atoms with Crippen molar-refractivity contribution in [1.82, 2.24) is 24.2 Å².